The second kappa shape index (κ2) is 5.11. The first-order valence-corrected chi connectivity index (χ1v) is 10.4. The third-order valence-corrected chi connectivity index (χ3v) is 9.49. The normalized spacial score (nSPS) is 55.7. The van der Waals surface area contributed by atoms with Crippen molar-refractivity contribution in [1.29, 1.82) is 0 Å². The van der Waals surface area contributed by atoms with Crippen LogP contribution in [-0.2, 0) is 14.3 Å². The van der Waals surface area contributed by atoms with E-state index in [4.69, 9.17) is 4.74 Å². The molecular weight excluding hydrogens is 344 g/mol. The van der Waals surface area contributed by atoms with Gasteiger partial charge in [-0.2, -0.15) is 0 Å². The summed E-state index contributed by atoms with van der Waals surface area (Å²) in [7, 11) is 0. The lowest BCUT2D eigenvalue weighted by molar-refractivity contribution is -0.166. The molecule has 5 heteroatoms. The molecule has 148 valence electrons. The predicted octanol–water partition coefficient (Wildman–Crippen LogP) is 2.19. The van der Waals surface area contributed by atoms with Gasteiger partial charge in [-0.25, -0.2) is 0 Å². The van der Waals surface area contributed by atoms with E-state index in [1.54, 1.807) is 0 Å². The van der Waals surface area contributed by atoms with Gasteiger partial charge in [0.15, 0.2) is 11.6 Å². The van der Waals surface area contributed by atoms with Gasteiger partial charge in [-0.1, -0.05) is 26.3 Å². The molecule has 0 bridgehead atoms. The molecule has 5 rings (SSSR count). The van der Waals surface area contributed by atoms with Crippen molar-refractivity contribution in [2.45, 2.75) is 76.6 Å². The van der Waals surface area contributed by atoms with Crippen LogP contribution in [0.5, 0.6) is 0 Å². The first kappa shape index (κ1) is 18.0. The Balaban J connectivity index is 1.59. The summed E-state index contributed by atoms with van der Waals surface area (Å²) in [5, 5.41) is 21.0. The number of rotatable bonds is 2. The fourth-order valence-corrected chi connectivity index (χ4v) is 8.07. The zero-order chi connectivity index (χ0) is 19.4. The number of hydrogen-bond donors (Lipinski definition) is 2. The first-order valence-electron chi connectivity index (χ1n) is 10.4. The quantitative estimate of drug-likeness (QED) is 0.724. The van der Waals surface area contributed by atoms with Crippen molar-refractivity contribution in [2.24, 2.45) is 28.6 Å². The number of carbonyl (C=O) groups is 2. The van der Waals surface area contributed by atoms with Gasteiger partial charge >= 0.3 is 0 Å². The van der Waals surface area contributed by atoms with Crippen LogP contribution in [0.3, 0.4) is 0 Å². The molecule has 1 aliphatic heterocycles. The maximum atomic E-state index is 12.6. The minimum atomic E-state index is -1.48. The second-order valence-electron chi connectivity index (χ2n) is 10.2. The van der Waals surface area contributed by atoms with Gasteiger partial charge in [0.2, 0.25) is 0 Å². The second-order valence-corrected chi connectivity index (χ2v) is 10.2. The topological polar surface area (TPSA) is 87.1 Å². The van der Waals surface area contributed by atoms with Crippen LogP contribution in [0.4, 0.5) is 0 Å². The fraction of sp³-hybridized carbons (Fsp3) is 0.818. The third kappa shape index (κ3) is 1.78. The molecule has 4 aliphatic carbocycles. The van der Waals surface area contributed by atoms with Crippen LogP contribution in [0, 0.1) is 28.6 Å². The molecule has 0 aromatic carbocycles. The van der Waals surface area contributed by atoms with Crippen molar-refractivity contribution < 1.29 is 24.5 Å². The van der Waals surface area contributed by atoms with E-state index in [0.717, 1.165) is 25.7 Å². The van der Waals surface area contributed by atoms with E-state index in [1.807, 2.05) is 19.9 Å². The number of Topliss-reactive ketones (excluding diaryl/α,β-unsaturated/α-hetero) is 1. The molecule has 0 aromatic heterocycles. The molecule has 2 N–H and O–H groups in total. The highest BCUT2D eigenvalue weighted by Crippen LogP contribution is 2.76. The third-order valence-electron chi connectivity index (χ3n) is 9.49. The zero-order valence-electron chi connectivity index (χ0n) is 16.5. The largest absolute Gasteiger partial charge is 0.388 e. The van der Waals surface area contributed by atoms with Gasteiger partial charge in [-0.15, -0.1) is 0 Å². The Morgan fingerprint density at radius 1 is 1.30 bits per heavy atom. The van der Waals surface area contributed by atoms with E-state index in [-0.39, 0.29) is 34.7 Å². The number of carbonyl (C=O) groups excluding carboxylic acids is 2. The number of ether oxygens (including phenoxy) is 1. The minimum Gasteiger partial charge on any atom is -0.388 e. The summed E-state index contributed by atoms with van der Waals surface area (Å²) in [5.41, 5.74) is -1.15. The predicted molar refractivity (Wildman–Crippen MR) is 97.8 cm³/mol. The maximum absolute atomic E-state index is 12.6. The smallest absolute Gasteiger partial charge is 0.190 e. The average Bonchev–Trinajstić information content (AvgIpc) is 3.31. The molecule has 0 radical (unpaired) electrons. The highest BCUT2D eigenvalue weighted by atomic mass is 16.6. The van der Waals surface area contributed by atoms with Crippen molar-refractivity contribution in [3.05, 3.63) is 11.6 Å². The SMILES string of the molecule is C[C@@H]1C[C@H]2[C@@H]3CCC4=CC(=O)CC[C@]4(C)[C@@]34O[C@@H]4C[C@]2(C)[C@@]1(O)C(=O)CO. The van der Waals surface area contributed by atoms with Crippen molar-refractivity contribution in [1.82, 2.24) is 0 Å². The molecule has 0 unspecified atom stereocenters. The highest BCUT2D eigenvalue weighted by Gasteiger charge is 2.82. The first-order chi connectivity index (χ1) is 12.6. The van der Waals surface area contributed by atoms with Gasteiger partial charge in [0.1, 0.15) is 17.8 Å². The highest BCUT2D eigenvalue weighted by molar-refractivity contribution is 5.92. The van der Waals surface area contributed by atoms with E-state index in [0.29, 0.717) is 18.8 Å². The Morgan fingerprint density at radius 2 is 2.04 bits per heavy atom. The lowest BCUT2D eigenvalue weighted by Gasteiger charge is -2.56. The van der Waals surface area contributed by atoms with E-state index >= 15 is 0 Å². The summed E-state index contributed by atoms with van der Waals surface area (Å²) in [6.45, 7) is 5.64. The van der Waals surface area contributed by atoms with Gasteiger partial charge in [0.05, 0.1) is 6.10 Å². The van der Waals surface area contributed by atoms with Gasteiger partial charge < -0.3 is 14.9 Å². The molecule has 1 saturated heterocycles. The summed E-state index contributed by atoms with van der Waals surface area (Å²) in [4.78, 5) is 24.6. The van der Waals surface area contributed by atoms with Crippen LogP contribution in [-0.4, -0.2) is 45.7 Å². The van der Waals surface area contributed by atoms with Crippen LogP contribution in [0.25, 0.3) is 0 Å². The van der Waals surface area contributed by atoms with Crippen LogP contribution < -0.4 is 0 Å². The molecule has 4 fully saturated rings. The van der Waals surface area contributed by atoms with Gasteiger partial charge in [0, 0.05) is 17.3 Å². The van der Waals surface area contributed by atoms with E-state index < -0.39 is 23.4 Å². The summed E-state index contributed by atoms with van der Waals surface area (Å²) in [5.74, 6) is 0.105. The molecule has 8 atom stereocenters. The Hall–Kier alpha value is -1.04. The average molecular weight is 374 g/mol. The van der Waals surface area contributed by atoms with Crippen LogP contribution in [0.2, 0.25) is 0 Å². The number of fused-ring (bicyclic) bond motifs is 3. The molecule has 5 nitrogen and oxygen atoms in total. The van der Waals surface area contributed by atoms with Crippen LogP contribution in [0.15, 0.2) is 11.6 Å². The molecular formula is C22H30O5. The van der Waals surface area contributed by atoms with Crippen molar-refractivity contribution in [3.8, 4) is 0 Å². The molecule has 1 spiro atoms. The Labute approximate surface area is 160 Å². The summed E-state index contributed by atoms with van der Waals surface area (Å²) >= 11 is 0. The Kier molecular flexibility index (Phi) is 3.41. The van der Waals surface area contributed by atoms with Gasteiger partial charge in [-0.05, 0) is 55.9 Å². The molecule has 1 heterocycles. The molecule has 0 amide bonds. The van der Waals surface area contributed by atoms with Crippen molar-refractivity contribution >= 4 is 11.6 Å². The molecule has 0 aromatic rings. The summed E-state index contributed by atoms with van der Waals surface area (Å²) in [6.07, 6.45) is 6.59. The number of epoxide rings is 1. The number of hydrogen-bond acceptors (Lipinski definition) is 5. The molecule has 27 heavy (non-hydrogen) atoms. The maximum Gasteiger partial charge on any atom is 0.190 e. The van der Waals surface area contributed by atoms with Gasteiger partial charge in [-0.3, -0.25) is 9.59 Å². The monoisotopic (exact) mass is 374 g/mol. The van der Waals surface area contributed by atoms with E-state index in [9.17, 15) is 19.8 Å². The zero-order valence-corrected chi connectivity index (χ0v) is 16.5. The Morgan fingerprint density at radius 3 is 2.74 bits per heavy atom. The summed E-state index contributed by atoms with van der Waals surface area (Å²) < 4.78 is 6.48. The minimum absolute atomic E-state index is 0.0222. The standard InChI is InChI=1S/C22H30O5/c1-12-8-16-15-5-4-13-9-14(24)6-7-19(13,2)22(15)18(27-22)10-20(16,3)21(12,26)17(25)11-23/h9,12,15-16,18,23,26H,4-8,10-11H2,1-3H3/t12-,15+,16+,18-,19+,20+,21+,22-/m1/s1. The lowest BCUT2D eigenvalue weighted by Crippen LogP contribution is -2.62. The van der Waals surface area contributed by atoms with Crippen LogP contribution >= 0.6 is 0 Å². The van der Waals surface area contributed by atoms with Gasteiger partial charge in [0.25, 0.3) is 0 Å². The molecule has 5 aliphatic rings. The number of ketones is 2. The lowest BCUT2D eigenvalue weighted by atomic mass is 9.46. The van der Waals surface area contributed by atoms with E-state index in [2.05, 4.69) is 6.92 Å². The van der Waals surface area contributed by atoms with Crippen molar-refractivity contribution in [3.63, 3.8) is 0 Å². The Bertz CT molecular complexity index is 773. The van der Waals surface area contributed by atoms with Crippen molar-refractivity contribution in [2.75, 3.05) is 6.61 Å². The number of aliphatic hydroxyl groups excluding tert-OH is 1. The summed E-state index contributed by atoms with van der Waals surface area (Å²) in [6, 6.07) is 0. The molecule has 3 saturated carbocycles. The number of aliphatic hydroxyl groups is 2. The van der Waals surface area contributed by atoms with Crippen LogP contribution in [0.1, 0.15) is 59.3 Å². The fourth-order valence-electron chi connectivity index (χ4n) is 8.07. The van der Waals surface area contributed by atoms with E-state index in [1.165, 1.54) is 5.57 Å².